The third kappa shape index (κ3) is 2.72. The van der Waals surface area contributed by atoms with Crippen molar-refractivity contribution in [3.63, 3.8) is 0 Å². The minimum absolute atomic E-state index is 0.132. The standard InChI is InChI=1S/C16H11N3O3/c1-18-15-7-11(13(9-19-15)16(20)22-3)12-6-10(8-17)4-5-14(12)21-2/h4-7,9H,2-3H3. The van der Waals surface area contributed by atoms with Crippen LogP contribution in [0.5, 0.6) is 5.75 Å². The number of methoxy groups -OCH3 is 2. The fourth-order valence-electron chi connectivity index (χ4n) is 1.99. The van der Waals surface area contributed by atoms with Crippen molar-refractivity contribution < 1.29 is 14.3 Å². The average Bonchev–Trinajstić information content (AvgIpc) is 2.59. The molecule has 0 unspecified atom stereocenters. The summed E-state index contributed by atoms with van der Waals surface area (Å²) < 4.78 is 10.0. The van der Waals surface area contributed by atoms with Gasteiger partial charge < -0.3 is 14.3 Å². The maximum atomic E-state index is 11.9. The van der Waals surface area contributed by atoms with Crippen LogP contribution in [0.25, 0.3) is 16.0 Å². The molecule has 0 fully saturated rings. The number of hydrogen-bond acceptors (Lipinski definition) is 5. The number of hydrogen-bond donors (Lipinski definition) is 0. The minimum atomic E-state index is -0.580. The van der Waals surface area contributed by atoms with Crippen LogP contribution in [0.3, 0.4) is 0 Å². The fraction of sp³-hybridized carbons (Fsp3) is 0.125. The number of carbonyl (C=O) groups is 1. The van der Waals surface area contributed by atoms with Crippen molar-refractivity contribution in [1.29, 1.82) is 5.26 Å². The van der Waals surface area contributed by atoms with E-state index in [9.17, 15) is 4.79 Å². The molecule has 108 valence electrons. The third-order valence-corrected chi connectivity index (χ3v) is 3.03. The molecule has 0 spiro atoms. The number of esters is 1. The van der Waals surface area contributed by atoms with Gasteiger partial charge in [-0.3, -0.25) is 0 Å². The Morgan fingerprint density at radius 1 is 1.32 bits per heavy atom. The predicted octanol–water partition coefficient (Wildman–Crippen LogP) is 2.97. The molecule has 1 aromatic heterocycles. The first-order valence-electron chi connectivity index (χ1n) is 6.19. The molecule has 1 aromatic carbocycles. The molecule has 0 atom stereocenters. The van der Waals surface area contributed by atoms with Crippen molar-refractivity contribution in [2.75, 3.05) is 14.2 Å². The molecule has 0 N–H and O–H groups in total. The zero-order valence-corrected chi connectivity index (χ0v) is 12.0. The van der Waals surface area contributed by atoms with Crippen LogP contribution in [0, 0.1) is 17.9 Å². The lowest BCUT2D eigenvalue weighted by Gasteiger charge is -2.12. The maximum Gasteiger partial charge on any atom is 0.342 e. The molecule has 6 nitrogen and oxygen atoms in total. The molecule has 2 aromatic rings. The van der Waals surface area contributed by atoms with Gasteiger partial charge in [0.2, 0.25) is 0 Å². The van der Waals surface area contributed by atoms with E-state index in [-0.39, 0.29) is 11.4 Å². The molecule has 0 aliphatic rings. The van der Waals surface area contributed by atoms with E-state index in [0.29, 0.717) is 22.4 Å². The minimum Gasteiger partial charge on any atom is -0.496 e. The van der Waals surface area contributed by atoms with Gasteiger partial charge in [0.25, 0.3) is 5.82 Å². The van der Waals surface area contributed by atoms with E-state index in [2.05, 4.69) is 9.83 Å². The van der Waals surface area contributed by atoms with Gasteiger partial charge in [0, 0.05) is 5.56 Å². The van der Waals surface area contributed by atoms with Crippen LogP contribution in [0.2, 0.25) is 0 Å². The van der Waals surface area contributed by atoms with Crippen LogP contribution < -0.4 is 4.74 Å². The van der Waals surface area contributed by atoms with Crippen LogP contribution in [0.4, 0.5) is 5.82 Å². The van der Waals surface area contributed by atoms with Gasteiger partial charge in [-0.05, 0) is 29.8 Å². The van der Waals surface area contributed by atoms with Crippen molar-refractivity contribution in [2.24, 2.45) is 0 Å². The first-order valence-corrected chi connectivity index (χ1v) is 6.19. The van der Waals surface area contributed by atoms with E-state index in [4.69, 9.17) is 21.3 Å². The van der Waals surface area contributed by atoms with E-state index < -0.39 is 5.97 Å². The van der Waals surface area contributed by atoms with Crippen molar-refractivity contribution in [1.82, 2.24) is 4.98 Å². The van der Waals surface area contributed by atoms with Crippen molar-refractivity contribution in [3.05, 3.63) is 53.0 Å². The highest BCUT2D eigenvalue weighted by atomic mass is 16.5. The lowest BCUT2D eigenvalue weighted by molar-refractivity contribution is 0.0601. The average molecular weight is 293 g/mol. The summed E-state index contributed by atoms with van der Waals surface area (Å²) in [6.07, 6.45) is 1.28. The Hall–Kier alpha value is -3.38. The summed E-state index contributed by atoms with van der Waals surface area (Å²) in [4.78, 5) is 19.1. The molecule has 0 saturated carbocycles. The fourth-order valence-corrected chi connectivity index (χ4v) is 1.99. The molecule has 0 amide bonds. The van der Waals surface area contributed by atoms with E-state index in [1.807, 2.05) is 6.07 Å². The van der Waals surface area contributed by atoms with Gasteiger partial charge >= 0.3 is 5.97 Å². The van der Waals surface area contributed by atoms with E-state index in [1.165, 1.54) is 26.5 Å². The number of nitriles is 1. The number of nitrogens with zero attached hydrogens (tertiary/aromatic N) is 3. The van der Waals surface area contributed by atoms with Crippen LogP contribution in [0.15, 0.2) is 30.5 Å². The zero-order chi connectivity index (χ0) is 16.1. The van der Waals surface area contributed by atoms with Gasteiger partial charge in [-0.15, -0.1) is 4.98 Å². The molecule has 1 heterocycles. The number of pyridine rings is 1. The normalized spacial score (nSPS) is 9.45. The SMILES string of the molecule is [C-]#[N+]c1cc(-c2cc(C#N)ccc2OC)c(C(=O)OC)cn1. The largest absolute Gasteiger partial charge is 0.496 e. The van der Waals surface area contributed by atoms with Crippen LogP contribution in [-0.4, -0.2) is 25.2 Å². The Balaban J connectivity index is 2.78. The summed E-state index contributed by atoms with van der Waals surface area (Å²) >= 11 is 0. The highest BCUT2D eigenvalue weighted by Gasteiger charge is 2.19. The van der Waals surface area contributed by atoms with Crippen molar-refractivity contribution in [2.45, 2.75) is 0 Å². The number of benzene rings is 1. The van der Waals surface area contributed by atoms with E-state index >= 15 is 0 Å². The Labute approximate surface area is 127 Å². The summed E-state index contributed by atoms with van der Waals surface area (Å²) in [6, 6.07) is 8.33. The zero-order valence-electron chi connectivity index (χ0n) is 12.0. The van der Waals surface area contributed by atoms with Crippen LogP contribution in [-0.2, 0) is 4.74 Å². The second-order valence-corrected chi connectivity index (χ2v) is 4.22. The van der Waals surface area contributed by atoms with E-state index in [0.717, 1.165) is 0 Å². The summed E-state index contributed by atoms with van der Waals surface area (Å²) in [5.74, 6) is 0.0294. The number of ether oxygens (including phenoxy) is 2. The van der Waals surface area contributed by atoms with Gasteiger partial charge in [-0.1, -0.05) is 6.57 Å². The Morgan fingerprint density at radius 3 is 2.68 bits per heavy atom. The lowest BCUT2D eigenvalue weighted by atomic mass is 9.98. The van der Waals surface area contributed by atoms with Gasteiger partial charge in [0.1, 0.15) is 17.5 Å². The van der Waals surface area contributed by atoms with Crippen molar-refractivity contribution in [3.8, 4) is 22.9 Å². The third-order valence-electron chi connectivity index (χ3n) is 3.03. The van der Waals surface area contributed by atoms with E-state index in [1.54, 1.807) is 18.2 Å². The second-order valence-electron chi connectivity index (χ2n) is 4.22. The monoisotopic (exact) mass is 293 g/mol. The van der Waals surface area contributed by atoms with Crippen LogP contribution >= 0.6 is 0 Å². The molecule has 0 bridgehead atoms. The second kappa shape index (κ2) is 6.38. The lowest BCUT2D eigenvalue weighted by Crippen LogP contribution is -2.05. The number of carbonyl (C=O) groups excluding carboxylic acids is 1. The Kier molecular flexibility index (Phi) is 4.36. The highest BCUT2D eigenvalue weighted by Crippen LogP contribution is 2.35. The molecule has 22 heavy (non-hydrogen) atoms. The van der Waals surface area contributed by atoms with Gasteiger partial charge in [0.15, 0.2) is 0 Å². The summed E-state index contributed by atoms with van der Waals surface area (Å²) in [5, 5.41) is 9.05. The first kappa shape index (κ1) is 15.0. The number of rotatable bonds is 3. The topological polar surface area (TPSA) is 76.6 Å². The molecule has 0 radical (unpaired) electrons. The quantitative estimate of drug-likeness (QED) is 0.642. The van der Waals surface area contributed by atoms with Crippen molar-refractivity contribution >= 4 is 11.8 Å². The summed E-state index contributed by atoms with van der Waals surface area (Å²) in [6.45, 7) is 7.07. The molecular formula is C16H11N3O3. The smallest absolute Gasteiger partial charge is 0.342 e. The Bertz CT molecular complexity index is 816. The molecule has 0 aliphatic heterocycles. The first-order chi connectivity index (χ1) is 10.6. The van der Waals surface area contributed by atoms with Gasteiger partial charge in [-0.25, -0.2) is 4.79 Å². The molecule has 2 rings (SSSR count). The van der Waals surface area contributed by atoms with Crippen LogP contribution in [0.1, 0.15) is 15.9 Å². The molecular weight excluding hydrogens is 282 g/mol. The molecule has 0 saturated heterocycles. The maximum absolute atomic E-state index is 11.9. The van der Waals surface area contributed by atoms with Gasteiger partial charge in [-0.2, -0.15) is 5.26 Å². The summed E-state index contributed by atoms with van der Waals surface area (Å²) in [5.41, 5.74) is 1.56. The Morgan fingerprint density at radius 2 is 2.09 bits per heavy atom. The molecule has 0 aliphatic carbocycles. The number of aromatic nitrogens is 1. The van der Waals surface area contributed by atoms with Gasteiger partial charge in [0.05, 0.1) is 25.9 Å². The molecule has 6 heteroatoms. The summed E-state index contributed by atoms with van der Waals surface area (Å²) in [7, 11) is 2.75. The predicted molar refractivity (Wildman–Crippen MR) is 78.5 cm³/mol. The highest BCUT2D eigenvalue weighted by molar-refractivity contribution is 5.98.